The van der Waals surface area contributed by atoms with Gasteiger partial charge in [-0.25, -0.2) is 4.79 Å². The van der Waals surface area contributed by atoms with Gasteiger partial charge in [0.2, 0.25) is 29.5 Å². The zero-order chi connectivity index (χ0) is 40.5. The molecular weight excluding hydrogens is 733 g/mol. The van der Waals surface area contributed by atoms with E-state index in [0.29, 0.717) is 11.1 Å². The fourth-order valence-electron chi connectivity index (χ4n) is 5.39. The first kappa shape index (κ1) is 43.6. The van der Waals surface area contributed by atoms with Gasteiger partial charge in [0, 0.05) is 18.6 Å². The molecular formula is C38H46N6O10S. The number of rotatable bonds is 21. The van der Waals surface area contributed by atoms with Crippen molar-refractivity contribution in [2.75, 3.05) is 5.75 Å². The number of carbonyl (C=O) groups is 7. The summed E-state index contributed by atoms with van der Waals surface area (Å²) in [5.41, 5.74) is 7.98. The van der Waals surface area contributed by atoms with E-state index in [1.165, 1.54) is 6.92 Å². The number of carboxylic acids is 2. The van der Waals surface area contributed by atoms with Gasteiger partial charge in [0.25, 0.3) is 0 Å². The fraction of sp³-hybridized carbons (Fsp3) is 0.342. The minimum Gasteiger partial charge on any atom is -0.481 e. The highest BCUT2D eigenvalue weighted by Gasteiger charge is 2.35. The highest BCUT2D eigenvalue weighted by Crippen LogP contribution is 2.09. The predicted molar refractivity (Wildman–Crippen MR) is 203 cm³/mol. The van der Waals surface area contributed by atoms with E-state index in [0.717, 1.165) is 5.56 Å². The summed E-state index contributed by atoms with van der Waals surface area (Å²) in [4.78, 5) is 90.8. The van der Waals surface area contributed by atoms with Gasteiger partial charge in [0.1, 0.15) is 30.2 Å². The number of carboxylic acid groups (broad SMARTS) is 2. The maximum absolute atomic E-state index is 13.9. The van der Waals surface area contributed by atoms with Crippen molar-refractivity contribution in [3.63, 3.8) is 0 Å². The molecule has 10 N–H and O–H groups in total. The van der Waals surface area contributed by atoms with Crippen LogP contribution in [0.25, 0.3) is 0 Å². The van der Waals surface area contributed by atoms with Crippen molar-refractivity contribution >= 4 is 54.1 Å². The summed E-state index contributed by atoms with van der Waals surface area (Å²) in [5, 5.41) is 41.6. The van der Waals surface area contributed by atoms with Crippen molar-refractivity contribution in [1.82, 2.24) is 26.6 Å². The first-order chi connectivity index (χ1) is 26.2. The Kier molecular flexibility index (Phi) is 17.3. The van der Waals surface area contributed by atoms with Gasteiger partial charge in [-0.05, 0) is 30.0 Å². The van der Waals surface area contributed by atoms with Crippen LogP contribution in [0.1, 0.15) is 30.0 Å². The SMILES string of the molecule is C[C@@H](O)[C@H](NC(=O)[C@@H](N)Cc1ccccc1)C(=O)N[C@@H](Cc1ccccc1)C(=O)N[C@@H](CC(=O)O)C(=O)N[C@@H](Cc1ccccc1)C(=O)N[C@@H](CS)C(=O)O. The number of aliphatic hydroxyl groups excluding tert-OH is 1. The molecule has 16 nitrogen and oxygen atoms in total. The molecule has 3 aromatic carbocycles. The molecule has 0 saturated carbocycles. The van der Waals surface area contributed by atoms with Crippen LogP contribution in [0, 0.1) is 0 Å². The first-order valence-corrected chi connectivity index (χ1v) is 17.9. The maximum atomic E-state index is 13.9. The smallest absolute Gasteiger partial charge is 0.327 e. The van der Waals surface area contributed by atoms with Gasteiger partial charge in [0.05, 0.1) is 18.6 Å². The number of aliphatic hydroxyl groups is 1. The largest absolute Gasteiger partial charge is 0.481 e. The number of thiol groups is 1. The monoisotopic (exact) mass is 778 g/mol. The maximum Gasteiger partial charge on any atom is 0.327 e. The number of nitrogens with one attached hydrogen (secondary N) is 5. The van der Waals surface area contributed by atoms with Crippen molar-refractivity contribution < 1.29 is 48.9 Å². The van der Waals surface area contributed by atoms with Crippen LogP contribution in [0.2, 0.25) is 0 Å². The highest BCUT2D eigenvalue weighted by molar-refractivity contribution is 7.80. The molecule has 7 atom stereocenters. The van der Waals surface area contributed by atoms with Crippen LogP contribution >= 0.6 is 12.6 Å². The number of hydrogen-bond acceptors (Lipinski definition) is 10. The third-order valence-electron chi connectivity index (χ3n) is 8.34. The van der Waals surface area contributed by atoms with Crippen LogP contribution in [0.5, 0.6) is 0 Å². The van der Waals surface area contributed by atoms with Gasteiger partial charge in [-0.3, -0.25) is 28.8 Å². The molecule has 0 aliphatic carbocycles. The Hall–Kier alpha value is -5.78. The second kappa shape index (κ2) is 21.8. The molecule has 3 aromatic rings. The Balaban J connectivity index is 1.84. The minimum absolute atomic E-state index is 0.126. The van der Waals surface area contributed by atoms with Crippen LogP contribution in [-0.4, -0.2) is 105 Å². The van der Waals surface area contributed by atoms with Crippen molar-refractivity contribution in [3.05, 3.63) is 108 Å². The molecule has 0 aliphatic rings. The molecule has 17 heteroatoms. The van der Waals surface area contributed by atoms with Crippen LogP contribution in [-0.2, 0) is 52.8 Å². The topological polar surface area (TPSA) is 266 Å². The van der Waals surface area contributed by atoms with E-state index in [1.807, 2.05) is 0 Å². The lowest BCUT2D eigenvalue weighted by atomic mass is 10.0. The second-order valence-corrected chi connectivity index (χ2v) is 13.1. The highest BCUT2D eigenvalue weighted by atomic mass is 32.1. The van der Waals surface area contributed by atoms with Crippen molar-refractivity contribution in [2.45, 2.75) is 75.0 Å². The van der Waals surface area contributed by atoms with Crippen molar-refractivity contribution in [1.29, 1.82) is 0 Å². The number of carbonyl (C=O) groups excluding carboxylic acids is 5. The molecule has 5 amide bonds. The molecule has 0 spiro atoms. The third-order valence-corrected chi connectivity index (χ3v) is 8.70. The molecule has 0 radical (unpaired) electrons. The lowest BCUT2D eigenvalue weighted by Crippen LogP contribution is -2.61. The number of amides is 5. The second-order valence-electron chi connectivity index (χ2n) is 12.8. The van der Waals surface area contributed by atoms with Crippen LogP contribution < -0.4 is 32.3 Å². The Morgan fingerprint density at radius 3 is 1.35 bits per heavy atom. The van der Waals surface area contributed by atoms with Gasteiger partial charge < -0.3 is 47.6 Å². The Morgan fingerprint density at radius 1 is 0.564 bits per heavy atom. The zero-order valence-corrected chi connectivity index (χ0v) is 30.9. The van der Waals surface area contributed by atoms with Crippen LogP contribution in [0.4, 0.5) is 0 Å². The number of hydrogen-bond donors (Lipinski definition) is 10. The van der Waals surface area contributed by atoms with E-state index in [4.69, 9.17) is 5.73 Å². The summed E-state index contributed by atoms with van der Waals surface area (Å²) in [5.74, 6) is -7.83. The lowest BCUT2D eigenvalue weighted by molar-refractivity contribution is -0.143. The summed E-state index contributed by atoms with van der Waals surface area (Å²) in [6.07, 6.45) is -2.54. The molecule has 3 rings (SSSR count). The van der Waals surface area contributed by atoms with Crippen LogP contribution in [0.3, 0.4) is 0 Å². The minimum atomic E-state index is -1.78. The Morgan fingerprint density at radius 2 is 0.945 bits per heavy atom. The summed E-state index contributed by atoms with van der Waals surface area (Å²) >= 11 is 3.95. The molecule has 0 heterocycles. The van der Waals surface area contributed by atoms with Gasteiger partial charge in [-0.1, -0.05) is 91.0 Å². The van der Waals surface area contributed by atoms with Crippen molar-refractivity contribution in [2.24, 2.45) is 5.73 Å². The van der Waals surface area contributed by atoms with Gasteiger partial charge in [-0.2, -0.15) is 12.6 Å². The quantitative estimate of drug-likeness (QED) is 0.0607. The fourth-order valence-corrected chi connectivity index (χ4v) is 5.64. The Labute approximate surface area is 323 Å². The predicted octanol–water partition coefficient (Wildman–Crippen LogP) is -0.664. The molecule has 0 bridgehead atoms. The first-order valence-electron chi connectivity index (χ1n) is 17.3. The lowest BCUT2D eigenvalue weighted by Gasteiger charge is -2.27. The van der Waals surface area contributed by atoms with E-state index in [1.54, 1.807) is 91.0 Å². The van der Waals surface area contributed by atoms with E-state index in [2.05, 4.69) is 39.2 Å². The number of aliphatic carboxylic acids is 2. The standard InChI is InChI=1S/C38H46N6O10S/c1-22(45)32(44-33(48)26(39)17-23-11-5-2-6-12-23)37(52)42-28(19-25-15-9-4-10-16-25)34(49)41-29(20-31(46)47)36(51)40-27(18-24-13-7-3-8-14-24)35(50)43-30(21-55)38(53)54/h2-16,22,26-30,32,45,55H,17-21,39H2,1H3,(H,40,51)(H,41,49)(H,42,52)(H,43,50)(H,44,48)(H,46,47)(H,53,54)/t22-,26+,27+,28+,29+,30+,32+/m1/s1. The van der Waals surface area contributed by atoms with Crippen molar-refractivity contribution in [3.8, 4) is 0 Å². The molecule has 0 saturated heterocycles. The zero-order valence-electron chi connectivity index (χ0n) is 30.0. The van der Waals surface area contributed by atoms with E-state index < -0.39 is 90.3 Å². The molecule has 0 unspecified atom stereocenters. The normalized spacial score (nSPS) is 14.7. The summed E-state index contributed by atoms with van der Waals surface area (Å²) < 4.78 is 0. The average Bonchev–Trinajstić information content (AvgIpc) is 3.15. The van der Waals surface area contributed by atoms with Crippen LogP contribution in [0.15, 0.2) is 91.0 Å². The summed E-state index contributed by atoms with van der Waals surface area (Å²) in [7, 11) is 0. The molecule has 55 heavy (non-hydrogen) atoms. The third kappa shape index (κ3) is 14.5. The Bertz CT molecular complexity index is 1770. The molecule has 294 valence electrons. The van der Waals surface area contributed by atoms with E-state index in [-0.39, 0.29) is 25.0 Å². The number of nitrogens with two attached hydrogens (primary N) is 1. The molecule has 0 aliphatic heterocycles. The summed E-state index contributed by atoms with van der Waals surface area (Å²) in [6.45, 7) is 1.25. The van der Waals surface area contributed by atoms with Gasteiger partial charge in [0.15, 0.2) is 0 Å². The average molecular weight is 779 g/mol. The molecule has 0 aromatic heterocycles. The summed E-state index contributed by atoms with van der Waals surface area (Å²) in [6, 6.07) is 17.0. The van der Waals surface area contributed by atoms with Gasteiger partial charge in [-0.15, -0.1) is 0 Å². The van der Waals surface area contributed by atoms with Gasteiger partial charge >= 0.3 is 11.9 Å². The van der Waals surface area contributed by atoms with E-state index >= 15 is 0 Å². The van der Waals surface area contributed by atoms with E-state index in [9.17, 15) is 48.9 Å². The number of benzene rings is 3. The molecule has 0 fully saturated rings.